The molecular weight excluding hydrogens is 322 g/mol. The molecule has 3 fully saturated rings. The topological polar surface area (TPSA) is 46.6 Å². The van der Waals surface area contributed by atoms with Gasteiger partial charge in [0.25, 0.3) is 0 Å². The Hall–Kier alpha value is -1.20. The molecule has 1 aromatic heterocycles. The van der Waals surface area contributed by atoms with Crippen LogP contribution >= 0.6 is 11.3 Å². The molecule has 0 spiro atoms. The fourth-order valence-electron chi connectivity index (χ4n) is 4.87. The molecule has 130 valence electrons. The molecule has 0 radical (unpaired) electrons. The van der Waals surface area contributed by atoms with Gasteiger partial charge in [0.05, 0.1) is 24.1 Å². The van der Waals surface area contributed by atoms with Gasteiger partial charge in [-0.25, -0.2) is 0 Å². The molecule has 1 aromatic rings. The number of thiophene rings is 1. The van der Waals surface area contributed by atoms with Crippen LogP contribution in [-0.4, -0.2) is 42.4 Å². The summed E-state index contributed by atoms with van der Waals surface area (Å²) < 4.78 is 5.56. The molecule has 1 aliphatic heterocycles. The Morgan fingerprint density at radius 3 is 2.88 bits per heavy atom. The number of amides is 1. The molecule has 4 rings (SSSR count). The molecule has 0 N–H and O–H groups in total. The lowest BCUT2D eigenvalue weighted by molar-refractivity contribution is -0.141. The lowest BCUT2D eigenvalue weighted by Gasteiger charge is -2.36. The van der Waals surface area contributed by atoms with Crippen LogP contribution in [-0.2, 0) is 9.53 Å². The van der Waals surface area contributed by atoms with E-state index >= 15 is 0 Å². The van der Waals surface area contributed by atoms with E-state index in [4.69, 9.17) is 4.74 Å². The van der Waals surface area contributed by atoms with Gasteiger partial charge >= 0.3 is 0 Å². The van der Waals surface area contributed by atoms with Gasteiger partial charge in [0.15, 0.2) is 5.78 Å². The molecular formula is C19H25NO3S. The molecule has 3 aliphatic rings. The Morgan fingerprint density at radius 1 is 1.25 bits per heavy atom. The second-order valence-corrected chi connectivity index (χ2v) is 8.51. The van der Waals surface area contributed by atoms with E-state index < -0.39 is 0 Å². The molecule has 2 bridgehead atoms. The van der Waals surface area contributed by atoms with Gasteiger partial charge in [-0.1, -0.05) is 12.5 Å². The summed E-state index contributed by atoms with van der Waals surface area (Å²) in [7, 11) is 0. The van der Waals surface area contributed by atoms with E-state index in [1.54, 1.807) is 0 Å². The van der Waals surface area contributed by atoms with Crippen molar-refractivity contribution in [3.05, 3.63) is 22.4 Å². The quantitative estimate of drug-likeness (QED) is 0.767. The van der Waals surface area contributed by atoms with Crippen molar-refractivity contribution >= 4 is 23.0 Å². The normalized spacial score (nSPS) is 32.2. The van der Waals surface area contributed by atoms with Crippen LogP contribution in [0.5, 0.6) is 0 Å². The number of ketones is 1. The first kappa shape index (κ1) is 16.3. The van der Waals surface area contributed by atoms with Crippen molar-refractivity contribution in [3.8, 4) is 0 Å². The van der Waals surface area contributed by atoms with Crippen molar-refractivity contribution in [2.45, 2.75) is 44.6 Å². The van der Waals surface area contributed by atoms with E-state index in [2.05, 4.69) is 0 Å². The fraction of sp³-hybridized carbons (Fsp3) is 0.684. The number of carbonyl (C=O) groups excluding carboxylic acids is 2. The number of Topliss-reactive ketones (excluding diaryl/α,β-unsaturated/α-hetero) is 1. The van der Waals surface area contributed by atoms with Gasteiger partial charge < -0.3 is 9.64 Å². The summed E-state index contributed by atoms with van der Waals surface area (Å²) in [5.74, 6) is 2.57. The van der Waals surface area contributed by atoms with E-state index in [-0.39, 0.29) is 17.7 Å². The molecule has 1 amide bonds. The van der Waals surface area contributed by atoms with Crippen molar-refractivity contribution in [3.63, 3.8) is 0 Å². The number of ether oxygens (including phenoxy) is 1. The average molecular weight is 347 g/mol. The van der Waals surface area contributed by atoms with E-state index in [1.807, 2.05) is 22.4 Å². The molecule has 2 aliphatic carbocycles. The number of hydrogen-bond donors (Lipinski definition) is 0. The average Bonchev–Trinajstić information content (AvgIpc) is 3.33. The molecule has 5 heteroatoms. The highest BCUT2D eigenvalue weighted by atomic mass is 32.1. The second-order valence-electron chi connectivity index (χ2n) is 7.56. The zero-order valence-electron chi connectivity index (χ0n) is 14.0. The van der Waals surface area contributed by atoms with Crippen LogP contribution in [0, 0.1) is 17.8 Å². The van der Waals surface area contributed by atoms with E-state index in [9.17, 15) is 9.59 Å². The molecule has 4 atom stereocenters. The van der Waals surface area contributed by atoms with Crippen molar-refractivity contribution in [1.82, 2.24) is 4.90 Å². The highest BCUT2D eigenvalue weighted by Gasteiger charge is 2.41. The molecule has 4 nitrogen and oxygen atoms in total. The first-order chi connectivity index (χ1) is 11.7. The molecule has 24 heavy (non-hydrogen) atoms. The highest BCUT2D eigenvalue weighted by molar-refractivity contribution is 7.12. The predicted molar refractivity (Wildman–Crippen MR) is 93.1 cm³/mol. The summed E-state index contributed by atoms with van der Waals surface area (Å²) in [6, 6.07) is 3.66. The SMILES string of the molecule is O=C(C[C@@H]1COCCN1C(=O)C[C@H]1C[C@H]2CC[C@H]1C2)c1cccs1. The van der Waals surface area contributed by atoms with Crippen LogP contribution in [0.4, 0.5) is 0 Å². The van der Waals surface area contributed by atoms with Crippen molar-refractivity contribution < 1.29 is 14.3 Å². The summed E-state index contributed by atoms with van der Waals surface area (Å²) in [6.45, 7) is 1.70. The van der Waals surface area contributed by atoms with E-state index in [1.165, 1.54) is 37.0 Å². The smallest absolute Gasteiger partial charge is 0.223 e. The molecule has 1 saturated heterocycles. The standard InChI is InChI=1S/C19H25NO3S/c21-17(18-2-1-7-24-18)11-16-12-23-6-5-20(16)19(22)10-15-9-13-3-4-14(15)8-13/h1-2,7,13-16H,3-6,8-12H2/t13-,14-,15+,16+/m0/s1. The van der Waals surface area contributed by atoms with Gasteiger partial charge in [-0.3, -0.25) is 9.59 Å². The van der Waals surface area contributed by atoms with Crippen LogP contribution in [0.3, 0.4) is 0 Å². The van der Waals surface area contributed by atoms with Gasteiger partial charge in [0.2, 0.25) is 5.91 Å². The van der Waals surface area contributed by atoms with Gasteiger partial charge in [-0.2, -0.15) is 0 Å². The zero-order valence-corrected chi connectivity index (χ0v) is 14.8. The molecule has 2 heterocycles. The summed E-state index contributed by atoms with van der Waals surface area (Å²) in [6.07, 6.45) is 6.30. The second kappa shape index (κ2) is 6.96. The number of rotatable bonds is 5. The Labute approximate surface area is 147 Å². The molecule has 0 unspecified atom stereocenters. The molecule has 0 aromatic carbocycles. The number of morpholine rings is 1. The van der Waals surface area contributed by atoms with Crippen molar-refractivity contribution in [2.75, 3.05) is 19.8 Å². The number of fused-ring (bicyclic) bond motifs is 2. The first-order valence-corrected chi connectivity index (χ1v) is 10.0. The van der Waals surface area contributed by atoms with Crippen molar-refractivity contribution in [2.24, 2.45) is 17.8 Å². The predicted octanol–water partition coefficient (Wildman–Crippen LogP) is 3.37. The third-order valence-corrected chi connectivity index (χ3v) is 7.00. The van der Waals surface area contributed by atoms with Crippen LogP contribution < -0.4 is 0 Å². The third kappa shape index (κ3) is 3.29. The number of carbonyl (C=O) groups is 2. The van der Waals surface area contributed by atoms with Gasteiger partial charge in [-0.15, -0.1) is 11.3 Å². The van der Waals surface area contributed by atoms with Gasteiger partial charge in [0.1, 0.15) is 0 Å². The number of nitrogens with zero attached hydrogens (tertiary/aromatic N) is 1. The number of hydrogen-bond acceptors (Lipinski definition) is 4. The highest BCUT2D eigenvalue weighted by Crippen LogP contribution is 2.49. The van der Waals surface area contributed by atoms with Crippen LogP contribution in [0.25, 0.3) is 0 Å². The Balaban J connectivity index is 1.38. The largest absolute Gasteiger partial charge is 0.377 e. The maximum absolute atomic E-state index is 12.9. The Bertz CT molecular complexity index is 600. The minimum absolute atomic E-state index is 0.0977. The Morgan fingerprint density at radius 2 is 2.17 bits per heavy atom. The van der Waals surface area contributed by atoms with Gasteiger partial charge in [0, 0.05) is 19.4 Å². The first-order valence-electron chi connectivity index (χ1n) is 9.14. The molecule has 2 saturated carbocycles. The summed E-state index contributed by atoms with van der Waals surface area (Å²) in [5, 5.41) is 1.92. The monoisotopic (exact) mass is 347 g/mol. The lowest BCUT2D eigenvalue weighted by atomic mass is 9.86. The summed E-state index contributed by atoms with van der Waals surface area (Å²) in [5.41, 5.74) is 0. The maximum atomic E-state index is 12.9. The van der Waals surface area contributed by atoms with Crippen LogP contribution in [0.1, 0.15) is 48.2 Å². The van der Waals surface area contributed by atoms with Crippen molar-refractivity contribution in [1.29, 1.82) is 0 Å². The minimum Gasteiger partial charge on any atom is -0.377 e. The maximum Gasteiger partial charge on any atom is 0.223 e. The van der Waals surface area contributed by atoms with Crippen LogP contribution in [0.2, 0.25) is 0 Å². The Kier molecular flexibility index (Phi) is 4.72. The van der Waals surface area contributed by atoms with E-state index in [0.717, 1.165) is 16.7 Å². The third-order valence-electron chi connectivity index (χ3n) is 6.09. The summed E-state index contributed by atoms with van der Waals surface area (Å²) >= 11 is 1.47. The summed E-state index contributed by atoms with van der Waals surface area (Å²) in [4.78, 5) is 28.0. The zero-order chi connectivity index (χ0) is 16.5. The van der Waals surface area contributed by atoms with E-state index in [0.29, 0.717) is 38.5 Å². The van der Waals surface area contributed by atoms with Gasteiger partial charge in [-0.05, 0) is 48.5 Å². The fourth-order valence-corrected chi connectivity index (χ4v) is 5.55. The minimum atomic E-state index is -0.0977. The lowest BCUT2D eigenvalue weighted by Crippen LogP contribution is -2.50. The van der Waals surface area contributed by atoms with Crippen LogP contribution in [0.15, 0.2) is 17.5 Å².